The summed E-state index contributed by atoms with van der Waals surface area (Å²) < 4.78 is 1.74. The highest BCUT2D eigenvalue weighted by molar-refractivity contribution is 5.79. The van der Waals surface area contributed by atoms with Crippen molar-refractivity contribution in [3.63, 3.8) is 0 Å². The number of aryl methyl sites for hydroxylation is 4. The molecule has 0 aliphatic rings. The predicted molar refractivity (Wildman–Crippen MR) is 88.7 cm³/mol. The first-order valence-electron chi connectivity index (χ1n) is 7.35. The average Bonchev–Trinajstić information content (AvgIpc) is 2.86. The van der Waals surface area contributed by atoms with Crippen molar-refractivity contribution in [2.45, 2.75) is 33.9 Å². The van der Waals surface area contributed by atoms with Crippen LogP contribution in [0.3, 0.4) is 0 Å². The molecule has 6 heteroatoms. The van der Waals surface area contributed by atoms with E-state index >= 15 is 0 Å². The number of rotatable bonds is 4. The first-order chi connectivity index (χ1) is 10.5. The van der Waals surface area contributed by atoms with Gasteiger partial charge in [0.15, 0.2) is 5.96 Å². The monoisotopic (exact) mass is 300 g/mol. The van der Waals surface area contributed by atoms with Gasteiger partial charge in [-0.2, -0.15) is 5.10 Å². The van der Waals surface area contributed by atoms with Crippen molar-refractivity contribution in [3.05, 3.63) is 46.5 Å². The van der Waals surface area contributed by atoms with Crippen molar-refractivity contribution in [1.82, 2.24) is 25.4 Å². The van der Waals surface area contributed by atoms with Crippen LogP contribution in [0.2, 0.25) is 0 Å². The lowest BCUT2D eigenvalue weighted by atomic mass is 10.00. The lowest BCUT2D eigenvalue weighted by Crippen LogP contribution is -2.37. The van der Waals surface area contributed by atoms with Gasteiger partial charge in [0.05, 0.1) is 6.54 Å². The van der Waals surface area contributed by atoms with Crippen LogP contribution in [0.1, 0.15) is 28.1 Å². The van der Waals surface area contributed by atoms with Crippen LogP contribution in [0.5, 0.6) is 0 Å². The summed E-state index contributed by atoms with van der Waals surface area (Å²) in [6, 6.07) is 4.42. The summed E-state index contributed by atoms with van der Waals surface area (Å²) in [5, 5.41) is 10.6. The molecule has 0 fully saturated rings. The normalized spacial score (nSPS) is 11.6. The Morgan fingerprint density at radius 3 is 2.32 bits per heavy atom. The third kappa shape index (κ3) is 3.84. The van der Waals surface area contributed by atoms with E-state index in [1.54, 1.807) is 18.1 Å². The summed E-state index contributed by atoms with van der Waals surface area (Å²) in [6.07, 6.45) is 1.55. The van der Waals surface area contributed by atoms with Gasteiger partial charge >= 0.3 is 0 Å². The lowest BCUT2D eigenvalue weighted by molar-refractivity contribution is 0.672. The summed E-state index contributed by atoms with van der Waals surface area (Å²) >= 11 is 0. The van der Waals surface area contributed by atoms with E-state index < -0.39 is 0 Å². The van der Waals surface area contributed by atoms with Gasteiger partial charge in [0.2, 0.25) is 0 Å². The van der Waals surface area contributed by atoms with Crippen molar-refractivity contribution in [2.75, 3.05) is 7.05 Å². The quantitative estimate of drug-likeness (QED) is 0.665. The Morgan fingerprint density at radius 2 is 1.77 bits per heavy atom. The fourth-order valence-corrected chi connectivity index (χ4v) is 2.52. The minimum atomic E-state index is 0.585. The summed E-state index contributed by atoms with van der Waals surface area (Å²) in [5.41, 5.74) is 5.21. The number of guanidine groups is 1. The van der Waals surface area contributed by atoms with Crippen molar-refractivity contribution in [2.24, 2.45) is 12.0 Å². The number of aromatic nitrogens is 3. The number of aliphatic imine (C=N–C) groups is 1. The summed E-state index contributed by atoms with van der Waals surface area (Å²) in [4.78, 5) is 8.43. The van der Waals surface area contributed by atoms with E-state index in [4.69, 9.17) is 0 Å². The lowest BCUT2D eigenvalue weighted by Gasteiger charge is -2.15. The topological polar surface area (TPSA) is 67.1 Å². The zero-order valence-electron chi connectivity index (χ0n) is 13.9. The number of hydrogen-bond acceptors (Lipinski definition) is 3. The number of hydrogen-bond donors (Lipinski definition) is 2. The van der Waals surface area contributed by atoms with Crippen LogP contribution in [-0.2, 0) is 20.1 Å². The molecule has 0 amide bonds. The van der Waals surface area contributed by atoms with Crippen LogP contribution in [0, 0.1) is 20.8 Å². The van der Waals surface area contributed by atoms with Crippen molar-refractivity contribution >= 4 is 5.96 Å². The molecule has 2 rings (SSSR count). The van der Waals surface area contributed by atoms with Gasteiger partial charge in [-0.3, -0.25) is 9.67 Å². The molecule has 0 aliphatic heterocycles. The second kappa shape index (κ2) is 7.06. The summed E-state index contributed by atoms with van der Waals surface area (Å²) in [5.74, 6) is 1.62. The van der Waals surface area contributed by atoms with Gasteiger partial charge in [0, 0.05) is 20.6 Å². The fraction of sp³-hybridized carbons (Fsp3) is 0.438. The molecule has 1 aromatic heterocycles. The van der Waals surface area contributed by atoms with E-state index in [1.807, 2.05) is 7.05 Å². The minimum absolute atomic E-state index is 0.585. The molecule has 2 N–H and O–H groups in total. The Kier molecular flexibility index (Phi) is 5.14. The van der Waals surface area contributed by atoms with E-state index in [2.05, 4.69) is 58.6 Å². The molecule has 0 saturated heterocycles. The van der Waals surface area contributed by atoms with Gasteiger partial charge in [-0.15, -0.1) is 0 Å². The molecule has 2 aromatic rings. The maximum absolute atomic E-state index is 4.25. The fourth-order valence-electron chi connectivity index (χ4n) is 2.52. The van der Waals surface area contributed by atoms with Gasteiger partial charge in [-0.05, 0) is 37.5 Å². The van der Waals surface area contributed by atoms with Crippen molar-refractivity contribution in [3.8, 4) is 0 Å². The van der Waals surface area contributed by atoms with Gasteiger partial charge in [0.25, 0.3) is 0 Å². The van der Waals surface area contributed by atoms with Crippen LogP contribution in [-0.4, -0.2) is 27.8 Å². The molecule has 22 heavy (non-hydrogen) atoms. The van der Waals surface area contributed by atoms with E-state index in [-0.39, 0.29) is 0 Å². The molecule has 1 aromatic carbocycles. The molecule has 0 aliphatic carbocycles. The number of nitrogens with one attached hydrogen (secondary N) is 2. The van der Waals surface area contributed by atoms with Gasteiger partial charge in [-0.25, -0.2) is 4.98 Å². The molecule has 6 nitrogen and oxygen atoms in total. The van der Waals surface area contributed by atoms with Crippen LogP contribution in [0.15, 0.2) is 23.5 Å². The zero-order valence-corrected chi connectivity index (χ0v) is 13.9. The van der Waals surface area contributed by atoms with Crippen LogP contribution in [0.25, 0.3) is 0 Å². The smallest absolute Gasteiger partial charge is 0.191 e. The number of benzene rings is 1. The van der Waals surface area contributed by atoms with Crippen LogP contribution >= 0.6 is 0 Å². The number of nitrogens with zero attached hydrogens (tertiary/aromatic N) is 4. The Morgan fingerprint density at radius 1 is 1.14 bits per heavy atom. The second-order valence-electron chi connectivity index (χ2n) is 5.46. The summed E-state index contributed by atoms with van der Waals surface area (Å²) in [6.45, 7) is 7.75. The standard InChI is InChI=1S/C16H24N6/c1-11-6-12(2)14(13(3)7-11)8-18-16(17-4)19-9-15-20-10-21-22(15)5/h6-7,10H,8-9H2,1-5H3,(H2,17,18,19). The van der Waals surface area contributed by atoms with Gasteiger partial charge in [0.1, 0.15) is 12.2 Å². The Labute approximate surface area is 131 Å². The third-order valence-corrected chi connectivity index (χ3v) is 3.72. The van der Waals surface area contributed by atoms with Crippen LogP contribution < -0.4 is 10.6 Å². The predicted octanol–water partition coefficient (Wildman–Crippen LogP) is 1.61. The Hall–Kier alpha value is -2.37. The van der Waals surface area contributed by atoms with Gasteiger partial charge in [-0.1, -0.05) is 17.7 Å². The maximum atomic E-state index is 4.25. The minimum Gasteiger partial charge on any atom is -0.352 e. The molecule has 0 atom stereocenters. The largest absolute Gasteiger partial charge is 0.352 e. The SMILES string of the molecule is CN=C(NCc1c(C)cc(C)cc1C)NCc1ncnn1C. The zero-order chi connectivity index (χ0) is 16.1. The van der Waals surface area contributed by atoms with Crippen molar-refractivity contribution < 1.29 is 0 Å². The van der Waals surface area contributed by atoms with E-state index in [0.717, 1.165) is 18.3 Å². The highest BCUT2D eigenvalue weighted by atomic mass is 15.3. The summed E-state index contributed by atoms with van der Waals surface area (Å²) in [7, 11) is 3.64. The highest BCUT2D eigenvalue weighted by Gasteiger charge is 2.06. The molecule has 0 saturated carbocycles. The molecular formula is C16H24N6. The van der Waals surface area contributed by atoms with E-state index in [1.165, 1.54) is 22.3 Å². The average molecular weight is 300 g/mol. The third-order valence-electron chi connectivity index (χ3n) is 3.72. The first-order valence-corrected chi connectivity index (χ1v) is 7.35. The molecule has 118 valence electrons. The maximum Gasteiger partial charge on any atom is 0.191 e. The van der Waals surface area contributed by atoms with E-state index in [9.17, 15) is 0 Å². The Balaban J connectivity index is 1.96. The molecule has 0 spiro atoms. The molecule has 0 bridgehead atoms. The molecule has 0 radical (unpaired) electrons. The van der Waals surface area contributed by atoms with E-state index in [0.29, 0.717) is 6.54 Å². The van der Waals surface area contributed by atoms with Crippen molar-refractivity contribution in [1.29, 1.82) is 0 Å². The highest BCUT2D eigenvalue weighted by Crippen LogP contribution is 2.15. The Bertz CT molecular complexity index is 648. The van der Waals surface area contributed by atoms with Crippen LogP contribution in [0.4, 0.5) is 0 Å². The molecule has 1 heterocycles. The second-order valence-corrected chi connectivity index (χ2v) is 5.46. The first kappa shape index (κ1) is 16.0. The molecular weight excluding hydrogens is 276 g/mol. The molecule has 0 unspecified atom stereocenters. The van der Waals surface area contributed by atoms with Gasteiger partial charge < -0.3 is 10.6 Å².